The molecule has 0 aliphatic rings. The summed E-state index contributed by atoms with van der Waals surface area (Å²) >= 11 is 0. The van der Waals surface area contributed by atoms with Crippen LogP contribution < -0.4 is 0 Å². The molecule has 0 aliphatic heterocycles. The first kappa shape index (κ1) is 29.5. The van der Waals surface area contributed by atoms with Crippen LogP contribution in [0.4, 0.5) is 0 Å². The molecule has 0 aromatic carbocycles. The molecular formula is C7H18IrNS2-5. The maximum Gasteiger partial charge on any atom is 0 e. The van der Waals surface area contributed by atoms with E-state index in [1.165, 1.54) is 0 Å². The molecule has 4 heteroatoms. The molecule has 11 heavy (non-hydrogen) atoms. The van der Waals surface area contributed by atoms with Crippen molar-refractivity contribution in [3.05, 3.63) is 19.2 Å². The van der Waals surface area contributed by atoms with Crippen molar-refractivity contribution in [3.63, 3.8) is 0 Å². The van der Waals surface area contributed by atoms with Crippen molar-refractivity contribution >= 4 is 27.0 Å². The molecule has 0 N–H and O–H groups in total. The Labute approximate surface area is 99.3 Å². The number of nitrogens with zero attached hydrogens (tertiary/aromatic N) is 1. The molecule has 0 unspecified atom stereocenters. The SMILES string of the molecule is C[CH-]CC[N-]CC.[CH3-].[Ir].[SH-].[SH-]. The van der Waals surface area contributed by atoms with E-state index in [0.717, 1.165) is 19.5 Å². The van der Waals surface area contributed by atoms with Gasteiger partial charge in [-0.25, -0.2) is 0 Å². The van der Waals surface area contributed by atoms with Crippen LogP contribution >= 0.6 is 0 Å². The van der Waals surface area contributed by atoms with E-state index in [-0.39, 0.29) is 54.5 Å². The molecule has 1 radical (unpaired) electrons. The molecule has 0 rings (SSSR count). The van der Waals surface area contributed by atoms with Crippen molar-refractivity contribution in [2.45, 2.75) is 20.3 Å². The van der Waals surface area contributed by atoms with Gasteiger partial charge in [0.2, 0.25) is 0 Å². The maximum atomic E-state index is 4.13. The number of hydrogen-bond acceptors (Lipinski definition) is 2. The van der Waals surface area contributed by atoms with Gasteiger partial charge in [0.1, 0.15) is 0 Å². The zero-order valence-corrected chi connectivity index (χ0v) is 11.6. The predicted octanol–water partition coefficient (Wildman–Crippen LogP) is 1.90. The Kier molecular flexibility index (Phi) is 80.9. The van der Waals surface area contributed by atoms with Crippen LogP contribution in [0.15, 0.2) is 0 Å². The van der Waals surface area contributed by atoms with Gasteiger partial charge >= 0.3 is 0 Å². The summed E-state index contributed by atoms with van der Waals surface area (Å²) in [5.41, 5.74) is 0. The van der Waals surface area contributed by atoms with Crippen LogP contribution in [-0.2, 0) is 47.1 Å². The van der Waals surface area contributed by atoms with Gasteiger partial charge < -0.3 is 46.2 Å². The van der Waals surface area contributed by atoms with Gasteiger partial charge in [0.15, 0.2) is 0 Å². The molecule has 0 aromatic heterocycles. The molecule has 0 aliphatic carbocycles. The van der Waals surface area contributed by atoms with Crippen molar-refractivity contribution in [2.24, 2.45) is 0 Å². The van der Waals surface area contributed by atoms with E-state index in [1.807, 2.05) is 0 Å². The third kappa shape index (κ3) is 34.8. The van der Waals surface area contributed by atoms with E-state index >= 15 is 0 Å². The second-order valence-electron chi connectivity index (χ2n) is 1.46. The summed E-state index contributed by atoms with van der Waals surface area (Å²) in [6.45, 7) is 6.10. The Morgan fingerprint density at radius 1 is 1.27 bits per heavy atom. The molecule has 0 saturated heterocycles. The third-order valence-electron chi connectivity index (χ3n) is 0.799. The van der Waals surface area contributed by atoms with Gasteiger partial charge in [-0.05, 0) is 0 Å². The summed E-state index contributed by atoms with van der Waals surface area (Å²) in [6.07, 6.45) is 3.27. The second kappa shape index (κ2) is 30.2. The minimum atomic E-state index is 0. The van der Waals surface area contributed by atoms with E-state index in [2.05, 4.69) is 25.6 Å². The van der Waals surface area contributed by atoms with Crippen molar-refractivity contribution in [3.8, 4) is 0 Å². The Hall–Kier alpha value is 1.31. The fraction of sp³-hybridized carbons (Fsp3) is 0.714. The molecule has 0 amide bonds. The fourth-order valence-corrected chi connectivity index (χ4v) is 0.379. The van der Waals surface area contributed by atoms with Gasteiger partial charge in [0.05, 0.1) is 0 Å². The Morgan fingerprint density at radius 2 is 1.73 bits per heavy atom. The van der Waals surface area contributed by atoms with E-state index in [9.17, 15) is 0 Å². The molecule has 0 aromatic rings. The Morgan fingerprint density at radius 3 is 2.00 bits per heavy atom. The van der Waals surface area contributed by atoms with Gasteiger partial charge in [-0.3, -0.25) is 0 Å². The van der Waals surface area contributed by atoms with Crippen molar-refractivity contribution in [1.82, 2.24) is 0 Å². The van der Waals surface area contributed by atoms with Gasteiger partial charge in [0, 0.05) is 20.1 Å². The quantitative estimate of drug-likeness (QED) is 0.324. The van der Waals surface area contributed by atoms with E-state index < -0.39 is 0 Å². The standard InChI is InChI=1S/C6H13N.CH3.Ir.2H2S/c1-3-5-6-7-4-2;;;;/h3H,4-6H2,1-2H3;1H3;;2*1H2/q-2;-1;;;/p-2. The van der Waals surface area contributed by atoms with E-state index in [1.54, 1.807) is 0 Å². The summed E-state index contributed by atoms with van der Waals surface area (Å²) in [5, 5.41) is 4.13. The molecule has 0 saturated carbocycles. The summed E-state index contributed by atoms with van der Waals surface area (Å²) in [6, 6.07) is 0. The van der Waals surface area contributed by atoms with Crippen LogP contribution in [0.2, 0.25) is 0 Å². The average molecular weight is 373 g/mol. The van der Waals surface area contributed by atoms with Crippen LogP contribution in [0.1, 0.15) is 20.3 Å². The summed E-state index contributed by atoms with van der Waals surface area (Å²) < 4.78 is 0. The topological polar surface area (TPSA) is 14.1 Å². The third-order valence-corrected chi connectivity index (χ3v) is 0.799. The van der Waals surface area contributed by atoms with Crippen LogP contribution in [0.3, 0.4) is 0 Å². The van der Waals surface area contributed by atoms with Crippen LogP contribution in [-0.4, -0.2) is 13.1 Å². The molecule has 0 atom stereocenters. The van der Waals surface area contributed by atoms with Gasteiger partial charge in [-0.2, -0.15) is 26.4 Å². The van der Waals surface area contributed by atoms with Gasteiger partial charge in [-0.15, -0.1) is 0 Å². The molecule has 1 nitrogen and oxygen atoms in total. The zero-order chi connectivity index (χ0) is 5.54. The minimum absolute atomic E-state index is 0. The minimum Gasteiger partial charge on any atom is -0.813 e. The number of hydrogen-bond donors (Lipinski definition) is 0. The monoisotopic (exact) mass is 373 g/mol. The predicted molar refractivity (Wildman–Crippen MR) is 57.3 cm³/mol. The van der Waals surface area contributed by atoms with Crippen molar-refractivity contribution in [1.29, 1.82) is 0 Å². The number of rotatable bonds is 4. The van der Waals surface area contributed by atoms with Gasteiger partial charge in [-0.1, -0.05) is 6.92 Å². The van der Waals surface area contributed by atoms with Crippen LogP contribution in [0, 0.1) is 13.8 Å². The van der Waals surface area contributed by atoms with Crippen molar-refractivity contribution in [2.75, 3.05) is 13.1 Å². The van der Waals surface area contributed by atoms with Crippen molar-refractivity contribution < 1.29 is 20.1 Å². The van der Waals surface area contributed by atoms with Crippen LogP contribution in [0.25, 0.3) is 5.32 Å². The zero-order valence-electron chi connectivity index (χ0n) is 7.37. The average Bonchev–Trinajstić information content (AvgIpc) is 1.69. The molecular weight excluding hydrogens is 354 g/mol. The number of thiol groups is 2. The summed E-state index contributed by atoms with van der Waals surface area (Å²) in [7, 11) is 0. The second-order valence-corrected chi connectivity index (χ2v) is 1.46. The summed E-state index contributed by atoms with van der Waals surface area (Å²) in [5.74, 6) is 0. The molecule has 77 valence electrons. The first-order chi connectivity index (χ1) is 3.41. The van der Waals surface area contributed by atoms with Gasteiger partial charge in [0.25, 0.3) is 0 Å². The first-order valence-electron chi connectivity index (χ1n) is 2.83. The summed E-state index contributed by atoms with van der Waals surface area (Å²) in [4.78, 5) is 0. The maximum absolute atomic E-state index is 4.13. The first-order valence-corrected chi connectivity index (χ1v) is 2.83. The Balaban J connectivity index is -0.0000000300. The smallest absolute Gasteiger partial charge is 0 e. The normalized spacial score (nSPS) is 6.00. The fourth-order valence-electron chi connectivity index (χ4n) is 0.379. The van der Waals surface area contributed by atoms with Crippen LogP contribution in [0.5, 0.6) is 0 Å². The largest absolute Gasteiger partial charge is 0.813 e. The Bertz CT molecular complexity index is 35.6. The molecule has 0 fully saturated rings. The molecule has 0 bridgehead atoms. The van der Waals surface area contributed by atoms with E-state index in [0.29, 0.717) is 0 Å². The molecule has 0 heterocycles. The van der Waals surface area contributed by atoms with E-state index in [4.69, 9.17) is 0 Å². The molecule has 0 spiro atoms. The number of unbranched alkanes of at least 4 members (excludes halogenated alkanes) is 1.